The van der Waals surface area contributed by atoms with E-state index in [-0.39, 0.29) is 5.02 Å². The van der Waals surface area contributed by atoms with Crippen molar-refractivity contribution in [3.63, 3.8) is 0 Å². The van der Waals surface area contributed by atoms with E-state index < -0.39 is 18.0 Å². The number of nitrogens with one attached hydrogen (secondary N) is 1. The first kappa shape index (κ1) is 14.0. The Morgan fingerprint density at radius 2 is 2.17 bits per heavy atom. The van der Waals surface area contributed by atoms with Crippen LogP contribution in [0.15, 0.2) is 18.2 Å². The zero-order chi connectivity index (χ0) is 13.7. The molecule has 5 nitrogen and oxygen atoms in total. The minimum atomic E-state index is -0.892. The first-order valence-electron chi connectivity index (χ1n) is 5.11. The third-order valence-corrected chi connectivity index (χ3v) is 2.38. The smallest absolute Gasteiger partial charge is 0.303 e. The zero-order valence-electron chi connectivity index (χ0n) is 9.86. The van der Waals surface area contributed by atoms with E-state index in [0.29, 0.717) is 11.3 Å². The van der Waals surface area contributed by atoms with Crippen LogP contribution in [0.4, 0.5) is 5.69 Å². The van der Waals surface area contributed by atoms with Gasteiger partial charge < -0.3 is 10.1 Å². The molecular formula is C12H11ClN2O3. The number of carbonyl (C=O) groups excluding carboxylic acids is 2. The first-order chi connectivity index (χ1) is 8.43. The fourth-order valence-electron chi connectivity index (χ4n) is 1.23. The maximum absolute atomic E-state index is 11.6. The van der Waals surface area contributed by atoms with Gasteiger partial charge in [0.05, 0.1) is 10.6 Å². The number of amides is 1. The molecule has 0 aliphatic carbocycles. The fraction of sp³-hybridized carbons (Fsp3) is 0.250. The van der Waals surface area contributed by atoms with Crippen molar-refractivity contribution in [2.24, 2.45) is 0 Å². The van der Waals surface area contributed by atoms with Crippen LogP contribution in [0.5, 0.6) is 0 Å². The summed E-state index contributed by atoms with van der Waals surface area (Å²) < 4.78 is 4.72. The van der Waals surface area contributed by atoms with E-state index in [0.717, 1.165) is 0 Å². The molecule has 0 saturated carbocycles. The average molecular weight is 267 g/mol. The molecule has 0 saturated heterocycles. The number of carbonyl (C=O) groups is 2. The van der Waals surface area contributed by atoms with Crippen molar-refractivity contribution in [1.82, 2.24) is 0 Å². The van der Waals surface area contributed by atoms with Crippen LogP contribution in [-0.2, 0) is 14.3 Å². The summed E-state index contributed by atoms with van der Waals surface area (Å²) in [5.74, 6) is -0.999. The molecule has 1 amide bonds. The Bertz CT molecular complexity index is 523. The number of nitriles is 1. The van der Waals surface area contributed by atoms with Crippen molar-refractivity contribution in [2.75, 3.05) is 5.32 Å². The number of halogens is 1. The lowest BCUT2D eigenvalue weighted by atomic mass is 10.2. The summed E-state index contributed by atoms with van der Waals surface area (Å²) in [6, 6.07) is 6.41. The van der Waals surface area contributed by atoms with E-state index in [9.17, 15) is 9.59 Å². The van der Waals surface area contributed by atoms with Gasteiger partial charge in [0.1, 0.15) is 6.07 Å². The lowest BCUT2D eigenvalue weighted by molar-refractivity contribution is -0.150. The van der Waals surface area contributed by atoms with Crippen molar-refractivity contribution in [1.29, 1.82) is 5.26 Å². The topological polar surface area (TPSA) is 79.2 Å². The van der Waals surface area contributed by atoms with Crippen molar-refractivity contribution in [2.45, 2.75) is 20.0 Å². The molecule has 1 aromatic rings. The van der Waals surface area contributed by atoms with Crippen LogP contribution < -0.4 is 5.32 Å². The van der Waals surface area contributed by atoms with E-state index in [2.05, 4.69) is 5.32 Å². The summed E-state index contributed by atoms with van der Waals surface area (Å²) in [4.78, 5) is 22.3. The number of benzene rings is 1. The zero-order valence-corrected chi connectivity index (χ0v) is 10.6. The number of esters is 1. The third-order valence-electron chi connectivity index (χ3n) is 2.07. The van der Waals surface area contributed by atoms with Gasteiger partial charge in [0, 0.05) is 12.6 Å². The summed E-state index contributed by atoms with van der Waals surface area (Å²) in [5, 5.41) is 11.5. The van der Waals surface area contributed by atoms with Crippen LogP contribution in [0, 0.1) is 11.3 Å². The number of ether oxygens (including phenoxy) is 1. The number of anilines is 1. The molecule has 6 heteroatoms. The number of hydrogen-bond acceptors (Lipinski definition) is 4. The molecule has 0 aliphatic heterocycles. The Labute approximate surface area is 109 Å². The summed E-state index contributed by atoms with van der Waals surface area (Å²) in [7, 11) is 0. The minimum absolute atomic E-state index is 0.246. The molecule has 0 heterocycles. The molecule has 0 radical (unpaired) electrons. The highest BCUT2D eigenvalue weighted by Crippen LogP contribution is 2.20. The normalized spacial score (nSPS) is 11.2. The maximum atomic E-state index is 11.6. The van der Waals surface area contributed by atoms with Gasteiger partial charge in [-0.1, -0.05) is 11.6 Å². The fourth-order valence-corrected chi connectivity index (χ4v) is 1.45. The molecule has 1 aromatic carbocycles. The van der Waals surface area contributed by atoms with Crippen molar-refractivity contribution in [3.05, 3.63) is 28.8 Å². The Balaban J connectivity index is 2.74. The van der Waals surface area contributed by atoms with E-state index in [4.69, 9.17) is 21.6 Å². The van der Waals surface area contributed by atoms with Gasteiger partial charge in [-0.05, 0) is 25.1 Å². The molecule has 1 N–H and O–H groups in total. The van der Waals surface area contributed by atoms with Crippen molar-refractivity contribution < 1.29 is 14.3 Å². The molecule has 1 rings (SSSR count). The van der Waals surface area contributed by atoms with Crippen LogP contribution >= 0.6 is 11.6 Å². The summed E-state index contributed by atoms with van der Waals surface area (Å²) in [6.45, 7) is 2.68. The molecule has 0 aromatic heterocycles. The predicted octanol–water partition coefficient (Wildman–Crippen LogP) is 2.10. The van der Waals surface area contributed by atoms with Crippen LogP contribution in [-0.4, -0.2) is 18.0 Å². The van der Waals surface area contributed by atoms with Gasteiger partial charge in [0.25, 0.3) is 5.91 Å². The van der Waals surface area contributed by atoms with Gasteiger partial charge in [-0.2, -0.15) is 5.26 Å². The van der Waals surface area contributed by atoms with Crippen LogP contribution in [0.1, 0.15) is 19.4 Å². The second-order valence-corrected chi connectivity index (χ2v) is 3.95. The number of hydrogen-bond donors (Lipinski definition) is 1. The molecule has 0 aliphatic rings. The Kier molecular flexibility index (Phi) is 4.69. The number of nitrogens with zero attached hydrogens (tertiary/aromatic N) is 1. The molecule has 94 valence electrons. The Morgan fingerprint density at radius 3 is 2.67 bits per heavy atom. The van der Waals surface area contributed by atoms with E-state index in [1.165, 1.54) is 26.0 Å². The highest BCUT2D eigenvalue weighted by atomic mass is 35.5. The monoisotopic (exact) mass is 266 g/mol. The van der Waals surface area contributed by atoms with Gasteiger partial charge >= 0.3 is 5.97 Å². The van der Waals surface area contributed by atoms with Crippen LogP contribution in [0.2, 0.25) is 5.02 Å². The quantitative estimate of drug-likeness (QED) is 0.850. The largest absolute Gasteiger partial charge is 0.453 e. The van der Waals surface area contributed by atoms with Crippen LogP contribution in [0.3, 0.4) is 0 Å². The maximum Gasteiger partial charge on any atom is 0.303 e. The molecule has 0 bridgehead atoms. The van der Waals surface area contributed by atoms with E-state index in [1.54, 1.807) is 6.07 Å². The summed E-state index contributed by atoms with van der Waals surface area (Å²) in [6.07, 6.45) is -0.892. The lowest BCUT2D eigenvalue weighted by Crippen LogP contribution is -2.29. The molecule has 0 spiro atoms. The molecular weight excluding hydrogens is 256 g/mol. The highest BCUT2D eigenvalue weighted by molar-refractivity contribution is 6.32. The third kappa shape index (κ3) is 3.75. The van der Waals surface area contributed by atoms with Gasteiger partial charge in [0.2, 0.25) is 0 Å². The first-order valence-corrected chi connectivity index (χ1v) is 5.49. The summed E-state index contributed by atoms with van der Waals surface area (Å²) >= 11 is 5.82. The average Bonchev–Trinajstić information content (AvgIpc) is 2.28. The van der Waals surface area contributed by atoms with E-state index >= 15 is 0 Å². The van der Waals surface area contributed by atoms with Crippen LogP contribution in [0.25, 0.3) is 0 Å². The van der Waals surface area contributed by atoms with Gasteiger partial charge in [-0.3, -0.25) is 9.59 Å². The number of rotatable bonds is 3. The minimum Gasteiger partial charge on any atom is -0.453 e. The molecule has 1 atom stereocenters. The van der Waals surface area contributed by atoms with Gasteiger partial charge in [-0.15, -0.1) is 0 Å². The molecule has 0 fully saturated rings. The van der Waals surface area contributed by atoms with Gasteiger partial charge in [-0.25, -0.2) is 0 Å². The van der Waals surface area contributed by atoms with E-state index in [1.807, 2.05) is 6.07 Å². The standard InChI is InChI=1S/C12H11ClN2O3/c1-7(18-8(2)16)12(17)15-10-4-3-9(6-14)11(13)5-10/h3-5,7H,1-2H3,(H,15,17)/t7-/m1/s1. The second kappa shape index (κ2) is 6.03. The SMILES string of the molecule is CC(=O)O[C@H](C)C(=O)Nc1ccc(C#N)c(Cl)c1. The van der Waals surface area contributed by atoms with Gasteiger partial charge in [0.15, 0.2) is 6.10 Å². The molecule has 0 unspecified atom stereocenters. The highest BCUT2D eigenvalue weighted by Gasteiger charge is 2.16. The van der Waals surface area contributed by atoms with Crippen molar-refractivity contribution >= 4 is 29.2 Å². The second-order valence-electron chi connectivity index (χ2n) is 3.55. The van der Waals surface area contributed by atoms with Crippen molar-refractivity contribution in [3.8, 4) is 6.07 Å². The Morgan fingerprint density at radius 1 is 1.50 bits per heavy atom. The summed E-state index contributed by atoms with van der Waals surface area (Å²) in [5.41, 5.74) is 0.755. The lowest BCUT2D eigenvalue weighted by Gasteiger charge is -2.12. The molecule has 18 heavy (non-hydrogen) atoms. The Hall–Kier alpha value is -2.06. The predicted molar refractivity (Wildman–Crippen MR) is 66.0 cm³/mol.